The van der Waals surface area contributed by atoms with Gasteiger partial charge in [0.1, 0.15) is 11.5 Å². The monoisotopic (exact) mass is 388 g/mol. The van der Waals surface area contributed by atoms with Crippen LogP contribution in [0.3, 0.4) is 0 Å². The van der Waals surface area contributed by atoms with Gasteiger partial charge in [-0.15, -0.1) is 0 Å². The number of fused-ring (bicyclic) bond motifs is 1. The molecule has 2 aliphatic heterocycles. The van der Waals surface area contributed by atoms with Crippen molar-refractivity contribution in [1.82, 2.24) is 4.90 Å². The number of carbonyl (C=O) groups is 1. The summed E-state index contributed by atoms with van der Waals surface area (Å²) >= 11 is 0. The van der Waals surface area contributed by atoms with E-state index in [0.717, 1.165) is 32.3 Å². The molecule has 28 heavy (non-hydrogen) atoms. The first kappa shape index (κ1) is 22.0. The van der Waals surface area contributed by atoms with Crippen molar-refractivity contribution >= 4 is 6.41 Å². The van der Waals surface area contributed by atoms with Gasteiger partial charge in [0, 0.05) is 13.1 Å². The van der Waals surface area contributed by atoms with Gasteiger partial charge in [-0.1, -0.05) is 42.5 Å². The normalized spacial score (nSPS) is 23.3. The lowest BCUT2D eigenvalue weighted by Gasteiger charge is -2.31. The summed E-state index contributed by atoms with van der Waals surface area (Å²) in [5.74, 6) is -0.178. The van der Waals surface area contributed by atoms with E-state index in [1.54, 1.807) is 18.2 Å². The SMILES string of the molecule is C[C@@H]1CC[C@@](N)(O)CO1.Fc1ccccc1.O=CN1CCc2ccccc2C1. The van der Waals surface area contributed by atoms with Gasteiger partial charge in [0.15, 0.2) is 0 Å². The third-order valence-electron chi connectivity index (χ3n) is 4.64. The number of halogens is 1. The van der Waals surface area contributed by atoms with Crippen LogP contribution in [0.4, 0.5) is 4.39 Å². The molecule has 0 saturated carbocycles. The molecule has 2 heterocycles. The highest BCUT2D eigenvalue weighted by Crippen LogP contribution is 2.17. The third-order valence-corrected chi connectivity index (χ3v) is 4.64. The van der Waals surface area contributed by atoms with Gasteiger partial charge in [0.05, 0.1) is 12.7 Å². The largest absolute Gasteiger partial charge is 0.374 e. The van der Waals surface area contributed by atoms with E-state index in [0.29, 0.717) is 6.42 Å². The Kier molecular flexibility index (Phi) is 8.57. The number of benzene rings is 2. The average molecular weight is 388 g/mol. The number of hydrogen-bond donors (Lipinski definition) is 2. The summed E-state index contributed by atoms with van der Waals surface area (Å²) in [7, 11) is 0. The quantitative estimate of drug-likeness (QED) is 0.582. The molecule has 0 unspecified atom stereocenters. The Labute approximate surface area is 165 Å². The molecule has 0 aromatic heterocycles. The molecule has 0 spiro atoms. The first-order chi connectivity index (χ1) is 13.4. The lowest BCUT2D eigenvalue weighted by Crippen LogP contribution is -2.48. The van der Waals surface area contributed by atoms with E-state index in [9.17, 15) is 9.18 Å². The molecule has 1 fully saturated rings. The Balaban J connectivity index is 0.000000157. The van der Waals surface area contributed by atoms with Crippen molar-refractivity contribution in [3.63, 3.8) is 0 Å². The van der Waals surface area contributed by atoms with Gasteiger partial charge in [-0.2, -0.15) is 0 Å². The van der Waals surface area contributed by atoms with E-state index in [4.69, 9.17) is 15.6 Å². The van der Waals surface area contributed by atoms with Crippen LogP contribution < -0.4 is 5.73 Å². The molecule has 2 aromatic carbocycles. The smallest absolute Gasteiger partial charge is 0.210 e. The topological polar surface area (TPSA) is 75.8 Å². The number of hydrogen-bond acceptors (Lipinski definition) is 4. The molecule has 1 amide bonds. The summed E-state index contributed by atoms with van der Waals surface area (Å²) in [5, 5.41) is 9.14. The second-order valence-electron chi connectivity index (χ2n) is 7.15. The predicted molar refractivity (Wildman–Crippen MR) is 107 cm³/mol. The van der Waals surface area contributed by atoms with Crippen molar-refractivity contribution in [2.45, 2.75) is 44.6 Å². The molecule has 152 valence electrons. The first-order valence-electron chi connectivity index (χ1n) is 9.49. The molecule has 1 saturated heterocycles. The zero-order valence-electron chi connectivity index (χ0n) is 16.3. The van der Waals surface area contributed by atoms with Gasteiger partial charge in [-0.05, 0) is 49.4 Å². The molecule has 5 nitrogen and oxygen atoms in total. The van der Waals surface area contributed by atoms with E-state index < -0.39 is 5.72 Å². The number of nitrogens with two attached hydrogens (primary N) is 1. The zero-order chi connectivity index (χ0) is 20.4. The maximum atomic E-state index is 11.9. The van der Waals surface area contributed by atoms with Gasteiger partial charge >= 0.3 is 0 Å². The Morgan fingerprint density at radius 2 is 1.82 bits per heavy atom. The van der Waals surface area contributed by atoms with Crippen LogP contribution in [0.1, 0.15) is 30.9 Å². The summed E-state index contributed by atoms with van der Waals surface area (Å²) in [5.41, 5.74) is 6.98. The van der Waals surface area contributed by atoms with Crippen LogP contribution in [-0.2, 0) is 22.5 Å². The Morgan fingerprint density at radius 3 is 2.32 bits per heavy atom. The minimum absolute atomic E-state index is 0.178. The number of aliphatic hydroxyl groups is 1. The summed E-state index contributed by atoms with van der Waals surface area (Å²) in [6.45, 7) is 3.89. The van der Waals surface area contributed by atoms with Crippen molar-refractivity contribution in [3.8, 4) is 0 Å². The summed E-state index contributed by atoms with van der Waals surface area (Å²) in [6, 6.07) is 16.2. The fourth-order valence-corrected chi connectivity index (χ4v) is 2.92. The summed E-state index contributed by atoms with van der Waals surface area (Å²) < 4.78 is 17.0. The molecule has 0 radical (unpaired) electrons. The van der Waals surface area contributed by atoms with Crippen LogP contribution in [0.25, 0.3) is 0 Å². The Bertz CT molecular complexity index is 715. The molecule has 0 bridgehead atoms. The summed E-state index contributed by atoms with van der Waals surface area (Å²) in [6.07, 6.45) is 3.68. The first-order valence-corrected chi connectivity index (χ1v) is 9.49. The maximum absolute atomic E-state index is 11.9. The van der Waals surface area contributed by atoms with Crippen LogP contribution in [-0.4, -0.2) is 41.4 Å². The maximum Gasteiger partial charge on any atom is 0.210 e. The lowest BCUT2D eigenvalue weighted by molar-refractivity contribution is -0.118. The Morgan fingerprint density at radius 1 is 1.18 bits per heavy atom. The average Bonchev–Trinajstić information content (AvgIpc) is 2.71. The molecular weight excluding hydrogens is 359 g/mol. The van der Waals surface area contributed by atoms with Crippen LogP contribution in [0.2, 0.25) is 0 Å². The molecule has 0 aliphatic carbocycles. The van der Waals surface area contributed by atoms with Gasteiger partial charge in [-0.25, -0.2) is 4.39 Å². The predicted octanol–water partition coefficient (Wildman–Crippen LogP) is 2.86. The second kappa shape index (κ2) is 10.9. The standard InChI is InChI=1S/C10H11NO.C6H5F.C6H13NO2/c12-8-11-6-5-9-3-1-2-4-10(9)7-11;7-6-4-2-1-3-5-6;1-5-2-3-6(7,8)4-9-5/h1-4,8H,5-7H2;1-5H;5,8H,2-4,7H2,1H3/t;;5-,6-/m..1/s1. The van der Waals surface area contributed by atoms with Gasteiger partial charge in [-0.3, -0.25) is 4.79 Å². The van der Waals surface area contributed by atoms with Crippen LogP contribution in [0.15, 0.2) is 54.6 Å². The van der Waals surface area contributed by atoms with Gasteiger partial charge in [0.2, 0.25) is 6.41 Å². The molecule has 2 aromatic rings. The summed E-state index contributed by atoms with van der Waals surface area (Å²) in [4.78, 5) is 12.3. The van der Waals surface area contributed by atoms with Crippen LogP contribution >= 0.6 is 0 Å². The number of rotatable bonds is 1. The molecule has 6 heteroatoms. The fraction of sp³-hybridized carbons (Fsp3) is 0.409. The van der Waals surface area contributed by atoms with Crippen LogP contribution in [0, 0.1) is 5.82 Å². The molecular formula is C22H29FN2O3. The van der Waals surface area contributed by atoms with E-state index in [1.165, 1.54) is 23.3 Å². The van der Waals surface area contributed by atoms with Crippen molar-refractivity contribution in [3.05, 3.63) is 71.5 Å². The molecule has 4 rings (SSSR count). The zero-order valence-corrected chi connectivity index (χ0v) is 16.3. The van der Waals surface area contributed by atoms with Gasteiger partial charge in [0.25, 0.3) is 0 Å². The molecule has 2 aliphatic rings. The van der Waals surface area contributed by atoms with Crippen molar-refractivity contribution < 1.29 is 19.0 Å². The van der Waals surface area contributed by atoms with Crippen LogP contribution in [0.5, 0.6) is 0 Å². The minimum atomic E-state index is -1.06. The van der Waals surface area contributed by atoms with Gasteiger partial charge < -0.3 is 20.5 Å². The number of nitrogens with zero attached hydrogens (tertiary/aromatic N) is 1. The molecule has 2 atom stereocenters. The highest BCUT2D eigenvalue weighted by molar-refractivity contribution is 5.49. The second-order valence-corrected chi connectivity index (χ2v) is 7.15. The number of amides is 1. The van der Waals surface area contributed by atoms with Crippen molar-refractivity contribution in [1.29, 1.82) is 0 Å². The van der Waals surface area contributed by atoms with E-state index in [-0.39, 0.29) is 18.5 Å². The van der Waals surface area contributed by atoms with Crippen molar-refractivity contribution in [2.75, 3.05) is 13.2 Å². The number of carbonyl (C=O) groups excluding carboxylic acids is 1. The van der Waals surface area contributed by atoms with Crippen molar-refractivity contribution in [2.24, 2.45) is 5.73 Å². The van der Waals surface area contributed by atoms with E-state index >= 15 is 0 Å². The third kappa shape index (κ3) is 7.76. The number of ether oxygens (including phenoxy) is 1. The van der Waals surface area contributed by atoms with E-state index in [2.05, 4.69) is 18.2 Å². The highest BCUT2D eigenvalue weighted by Gasteiger charge is 2.27. The minimum Gasteiger partial charge on any atom is -0.374 e. The fourth-order valence-electron chi connectivity index (χ4n) is 2.92. The molecule has 3 N–H and O–H groups in total. The van der Waals surface area contributed by atoms with E-state index in [1.807, 2.05) is 17.9 Å². The highest BCUT2D eigenvalue weighted by atomic mass is 19.1. The lowest BCUT2D eigenvalue weighted by atomic mass is 10.0. The Hall–Kier alpha value is -2.28.